The second kappa shape index (κ2) is 10.7. The molecule has 6 nitrogen and oxygen atoms in total. The topological polar surface area (TPSA) is 78.5 Å². The summed E-state index contributed by atoms with van der Waals surface area (Å²) in [6.07, 6.45) is 2.79. The first-order chi connectivity index (χ1) is 15.0. The molecule has 0 radical (unpaired) electrons. The summed E-state index contributed by atoms with van der Waals surface area (Å²) in [5, 5.41) is 5.67. The van der Waals surface area contributed by atoms with Crippen LogP contribution in [-0.4, -0.2) is 42.3 Å². The first-order valence-electron chi connectivity index (χ1n) is 10.7. The minimum atomic E-state index is -0.348. The molecule has 1 fully saturated rings. The molecule has 164 valence electrons. The van der Waals surface area contributed by atoms with Crippen molar-refractivity contribution in [2.45, 2.75) is 32.6 Å². The second-order valence-electron chi connectivity index (χ2n) is 7.79. The van der Waals surface area contributed by atoms with Crippen LogP contribution in [-0.2, 0) is 16.0 Å². The highest BCUT2D eigenvalue weighted by molar-refractivity contribution is 5.98. The Bertz CT molecular complexity index is 913. The zero-order valence-corrected chi connectivity index (χ0v) is 17.7. The fourth-order valence-corrected chi connectivity index (χ4v) is 3.54. The van der Waals surface area contributed by atoms with Crippen molar-refractivity contribution >= 4 is 23.4 Å². The Balaban J connectivity index is 1.46. The molecule has 31 heavy (non-hydrogen) atoms. The Morgan fingerprint density at radius 3 is 2.48 bits per heavy atom. The molecular formula is C24H28FN3O3. The van der Waals surface area contributed by atoms with E-state index >= 15 is 0 Å². The van der Waals surface area contributed by atoms with Gasteiger partial charge < -0.3 is 15.5 Å². The number of halogens is 1. The number of rotatable bonds is 9. The van der Waals surface area contributed by atoms with Gasteiger partial charge in [-0.3, -0.25) is 14.4 Å². The molecule has 1 atom stereocenters. The molecule has 3 amide bonds. The van der Waals surface area contributed by atoms with Gasteiger partial charge in [0.15, 0.2) is 0 Å². The first kappa shape index (κ1) is 22.5. The van der Waals surface area contributed by atoms with Crippen molar-refractivity contribution in [2.75, 3.05) is 25.0 Å². The number of hydrogen-bond acceptors (Lipinski definition) is 3. The predicted octanol–water partition coefficient (Wildman–Crippen LogP) is 3.39. The SMILES string of the molecule is CCCCN1CC(C(=O)Nc2ccc(C(=O)NCCc3ccc(F)cc3)cc2)CC1=O. The maximum atomic E-state index is 12.9. The van der Waals surface area contributed by atoms with Gasteiger partial charge in [0.25, 0.3) is 5.91 Å². The van der Waals surface area contributed by atoms with Gasteiger partial charge in [0.2, 0.25) is 11.8 Å². The Morgan fingerprint density at radius 2 is 1.81 bits per heavy atom. The highest BCUT2D eigenvalue weighted by Gasteiger charge is 2.33. The van der Waals surface area contributed by atoms with Gasteiger partial charge in [-0.05, 0) is 54.8 Å². The third kappa shape index (κ3) is 6.38. The fraction of sp³-hybridized carbons (Fsp3) is 0.375. The number of benzene rings is 2. The lowest BCUT2D eigenvalue weighted by Gasteiger charge is -2.16. The number of amides is 3. The van der Waals surface area contributed by atoms with E-state index in [9.17, 15) is 18.8 Å². The monoisotopic (exact) mass is 425 g/mol. The lowest BCUT2D eigenvalue weighted by Crippen LogP contribution is -2.29. The Hall–Kier alpha value is -3.22. The zero-order valence-electron chi connectivity index (χ0n) is 17.7. The lowest BCUT2D eigenvalue weighted by atomic mass is 10.1. The molecule has 1 aliphatic heterocycles. The molecule has 0 saturated carbocycles. The van der Waals surface area contributed by atoms with Gasteiger partial charge in [0.1, 0.15) is 5.82 Å². The van der Waals surface area contributed by atoms with E-state index < -0.39 is 0 Å². The number of anilines is 1. The first-order valence-corrected chi connectivity index (χ1v) is 10.7. The summed E-state index contributed by atoms with van der Waals surface area (Å²) in [6.45, 7) is 3.66. The summed E-state index contributed by atoms with van der Waals surface area (Å²) < 4.78 is 12.9. The summed E-state index contributed by atoms with van der Waals surface area (Å²) in [7, 11) is 0. The lowest BCUT2D eigenvalue weighted by molar-refractivity contribution is -0.128. The van der Waals surface area contributed by atoms with Crippen LogP contribution in [0.25, 0.3) is 0 Å². The van der Waals surface area contributed by atoms with E-state index in [-0.39, 0.29) is 35.9 Å². The van der Waals surface area contributed by atoms with Crippen molar-refractivity contribution < 1.29 is 18.8 Å². The molecule has 1 unspecified atom stereocenters. The second-order valence-corrected chi connectivity index (χ2v) is 7.79. The number of carbonyl (C=O) groups is 3. The molecule has 2 aromatic carbocycles. The maximum Gasteiger partial charge on any atom is 0.251 e. The van der Waals surface area contributed by atoms with Crippen molar-refractivity contribution in [3.8, 4) is 0 Å². The van der Waals surface area contributed by atoms with Crippen LogP contribution in [0.2, 0.25) is 0 Å². The summed E-state index contributed by atoms with van der Waals surface area (Å²) in [4.78, 5) is 38.6. The fourth-order valence-electron chi connectivity index (χ4n) is 3.54. The van der Waals surface area contributed by atoms with Gasteiger partial charge in [-0.15, -0.1) is 0 Å². The third-order valence-electron chi connectivity index (χ3n) is 5.39. The molecule has 3 rings (SSSR count). The molecule has 0 aromatic heterocycles. The highest BCUT2D eigenvalue weighted by atomic mass is 19.1. The van der Waals surface area contributed by atoms with Crippen LogP contribution in [0.3, 0.4) is 0 Å². The van der Waals surface area contributed by atoms with Crippen LogP contribution in [0.4, 0.5) is 10.1 Å². The number of nitrogens with zero attached hydrogens (tertiary/aromatic N) is 1. The van der Waals surface area contributed by atoms with Crippen LogP contribution >= 0.6 is 0 Å². The summed E-state index contributed by atoms with van der Waals surface area (Å²) in [6, 6.07) is 12.8. The van der Waals surface area contributed by atoms with Crippen molar-refractivity contribution in [3.05, 3.63) is 65.5 Å². The van der Waals surface area contributed by atoms with Crippen LogP contribution < -0.4 is 10.6 Å². The summed E-state index contributed by atoms with van der Waals surface area (Å²) >= 11 is 0. The summed E-state index contributed by atoms with van der Waals surface area (Å²) in [5.41, 5.74) is 2.02. The molecule has 7 heteroatoms. The maximum absolute atomic E-state index is 12.9. The number of likely N-dealkylation sites (tertiary alicyclic amines) is 1. The van der Waals surface area contributed by atoms with Gasteiger partial charge in [-0.1, -0.05) is 25.5 Å². The molecule has 1 saturated heterocycles. The molecular weight excluding hydrogens is 397 g/mol. The molecule has 1 heterocycles. The van der Waals surface area contributed by atoms with E-state index in [0.717, 1.165) is 18.4 Å². The van der Waals surface area contributed by atoms with E-state index in [4.69, 9.17) is 0 Å². The highest BCUT2D eigenvalue weighted by Crippen LogP contribution is 2.20. The average Bonchev–Trinajstić information content (AvgIpc) is 3.14. The quantitative estimate of drug-likeness (QED) is 0.647. The Labute approximate surface area is 181 Å². The van der Waals surface area contributed by atoms with Crippen LogP contribution in [0, 0.1) is 11.7 Å². The van der Waals surface area contributed by atoms with Gasteiger partial charge in [-0.2, -0.15) is 0 Å². The Morgan fingerprint density at radius 1 is 1.10 bits per heavy atom. The molecule has 0 bridgehead atoms. The van der Waals surface area contributed by atoms with Gasteiger partial charge in [0, 0.05) is 37.3 Å². The standard InChI is InChI=1S/C24H28FN3O3/c1-2-3-14-28-16-19(15-22(28)29)24(31)27-21-10-6-18(7-11-21)23(30)26-13-12-17-4-8-20(25)9-5-17/h4-11,19H,2-3,12-16H2,1H3,(H,26,30)(H,27,31). The molecule has 0 spiro atoms. The number of unbranched alkanes of at least 4 members (excludes halogenated alkanes) is 1. The molecule has 1 aliphatic rings. The smallest absolute Gasteiger partial charge is 0.251 e. The van der Waals surface area contributed by atoms with E-state index in [1.807, 2.05) is 0 Å². The Kier molecular flexibility index (Phi) is 7.76. The normalized spacial score (nSPS) is 15.7. The van der Waals surface area contributed by atoms with E-state index in [0.29, 0.717) is 37.3 Å². The minimum absolute atomic E-state index is 0.0289. The van der Waals surface area contributed by atoms with Crippen LogP contribution in [0.15, 0.2) is 48.5 Å². The number of hydrogen-bond donors (Lipinski definition) is 2. The van der Waals surface area contributed by atoms with Gasteiger partial charge in [0.05, 0.1) is 5.92 Å². The van der Waals surface area contributed by atoms with Gasteiger partial charge in [-0.25, -0.2) is 4.39 Å². The van der Waals surface area contributed by atoms with Crippen molar-refractivity contribution in [2.24, 2.45) is 5.92 Å². The third-order valence-corrected chi connectivity index (χ3v) is 5.39. The van der Waals surface area contributed by atoms with Crippen molar-refractivity contribution in [1.29, 1.82) is 0 Å². The largest absolute Gasteiger partial charge is 0.352 e. The molecule has 2 N–H and O–H groups in total. The molecule has 2 aromatic rings. The number of carbonyl (C=O) groups excluding carboxylic acids is 3. The van der Waals surface area contributed by atoms with E-state index in [2.05, 4.69) is 17.6 Å². The predicted molar refractivity (Wildman–Crippen MR) is 117 cm³/mol. The average molecular weight is 426 g/mol. The van der Waals surface area contributed by atoms with E-state index in [1.54, 1.807) is 41.3 Å². The minimum Gasteiger partial charge on any atom is -0.352 e. The zero-order chi connectivity index (χ0) is 22.2. The van der Waals surface area contributed by atoms with Crippen LogP contribution in [0.5, 0.6) is 0 Å². The van der Waals surface area contributed by atoms with Crippen LogP contribution in [0.1, 0.15) is 42.1 Å². The number of nitrogens with one attached hydrogen (secondary N) is 2. The van der Waals surface area contributed by atoms with E-state index in [1.165, 1.54) is 12.1 Å². The van der Waals surface area contributed by atoms with Crippen molar-refractivity contribution in [3.63, 3.8) is 0 Å². The molecule has 0 aliphatic carbocycles. The van der Waals surface area contributed by atoms with Crippen molar-refractivity contribution in [1.82, 2.24) is 10.2 Å². The summed E-state index contributed by atoms with van der Waals surface area (Å²) in [5.74, 6) is -0.995. The van der Waals surface area contributed by atoms with Gasteiger partial charge >= 0.3 is 0 Å².